The molecule has 0 aliphatic carbocycles. The second kappa shape index (κ2) is 4.36. The molecule has 1 unspecified atom stereocenters. The Morgan fingerprint density at radius 1 is 1.44 bits per heavy atom. The molecule has 86 valence electrons. The van der Waals surface area contributed by atoms with E-state index < -0.39 is 0 Å². The molecule has 0 aliphatic rings. The van der Waals surface area contributed by atoms with Crippen LogP contribution in [-0.4, -0.2) is 13.7 Å². The Hall–Kier alpha value is -1.19. The standard InChI is InChI=1S/C12H14ClNO2/c1-7(6-14)9-5-10-8(3-11(9)15-2)4-12(13)16-10/h3-5,7H,6,14H2,1-2H3. The lowest BCUT2D eigenvalue weighted by Crippen LogP contribution is -2.09. The lowest BCUT2D eigenvalue weighted by Gasteiger charge is -2.13. The van der Waals surface area contributed by atoms with Crippen molar-refractivity contribution >= 4 is 22.6 Å². The highest BCUT2D eigenvalue weighted by Gasteiger charge is 2.13. The van der Waals surface area contributed by atoms with Crippen molar-refractivity contribution in [2.24, 2.45) is 5.73 Å². The van der Waals surface area contributed by atoms with Gasteiger partial charge in [-0.15, -0.1) is 0 Å². The molecule has 0 spiro atoms. The third kappa shape index (κ3) is 1.88. The van der Waals surface area contributed by atoms with Crippen molar-refractivity contribution in [1.82, 2.24) is 0 Å². The molecule has 0 bridgehead atoms. The molecule has 3 nitrogen and oxygen atoms in total. The molecular formula is C12H14ClNO2. The molecule has 0 amide bonds. The van der Waals surface area contributed by atoms with Crippen molar-refractivity contribution in [3.8, 4) is 5.75 Å². The number of hydrogen-bond acceptors (Lipinski definition) is 3. The van der Waals surface area contributed by atoms with E-state index in [-0.39, 0.29) is 5.92 Å². The molecule has 0 aliphatic heterocycles. The first-order chi connectivity index (χ1) is 7.65. The van der Waals surface area contributed by atoms with Crippen LogP contribution in [0, 0.1) is 0 Å². The smallest absolute Gasteiger partial charge is 0.194 e. The van der Waals surface area contributed by atoms with Crippen LogP contribution in [0.3, 0.4) is 0 Å². The summed E-state index contributed by atoms with van der Waals surface area (Å²) in [4.78, 5) is 0. The van der Waals surface area contributed by atoms with Gasteiger partial charge >= 0.3 is 0 Å². The van der Waals surface area contributed by atoms with E-state index in [9.17, 15) is 0 Å². The minimum absolute atomic E-state index is 0.225. The van der Waals surface area contributed by atoms with Crippen molar-refractivity contribution in [3.63, 3.8) is 0 Å². The highest BCUT2D eigenvalue weighted by molar-refractivity contribution is 6.29. The summed E-state index contributed by atoms with van der Waals surface area (Å²) >= 11 is 5.81. The second-order valence-electron chi connectivity index (χ2n) is 3.82. The molecule has 2 aromatic rings. The number of benzene rings is 1. The van der Waals surface area contributed by atoms with Gasteiger partial charge in [0.1, 0.15) is 11.3 Å². The van der Waals surface area contributed by atoms with E-state index in [1.54, 1.807) is 13.2 Å². The van der Waals surface area contributed by atoms with Crippen LogP contribution in [0.4, 0.5) is 0 Å². The molecule has 1 atom stereocenters. The molecule has 4 heteroatoms. The van der Waals surface area contributed by atoms with Crippen LogP contribution in [0.15, 0.2) is 22.6 Å². The lowest BCUT2D eigenvalue weighted by molar-refractivity contribution is 0.407. The molecule has 0 saturated carbocycles. The topological polar surface area (TPSA) is 48.4 Å². The van der Waals surface area contributed by atoms with Gasteiger partial charge in [-0.2, -0.15) is 0 Å². The van der Waals surface area contributed by atoms with Gasteiger partial charge in [0, 0.05) is 17.0 Å². The molecule has 0 fully saturated rings. The summed E-state index contributed by atoms with van der Waals surface area (Å²) in [6.07, 6.45) is 0. The first-order valence-corrected chi connectivity index (χ1v) is 5.50. The lowest BCUT2D eigenvalue weighted by atomic mass is 9.99. The number of halogens is 1. The fraction of sp³-hybridized carbons (Fsp3) is 0.333. The number of furan rings is 1. The zero-order valence-corrected chi connectivity index (χ0v) is 10.0. The fourth-order valence-electron chi connectivity index (χ4n) is 1.74. The quantitative estimate of drug-likeness (QED) is 0.895. The summed E-state index contributed by atoms with van der Waals surface area (Å²) in [5, 5.41) is 1.32. The van der Waals surface area contributed by atoms with Gasteiger partial charge in [-0.3, -0.25) is 0 Å². The van der Waals surface area contributed by atoms with Crippen molar-refractivity contribution in [1.29, 1.82) is 0 Å². The number of hydrogen-bond donors (Lipinski definition) is 1. The van der Waals surface area contributed by atoms with Gasteiger partial charge in [-0.1, -0.05) is 6.92 Å². The molecule has 2 N–H and O–H groups in total. The van der Waals surface area contributed by atoms with Crippen LogP contribution in [0.1, 0.15) is 18.4 Å². The van der Waals surface area contributed by atoms with Crippen LogP contribution in [0.2, 0.25) is 5.22 Å². The van der Waals surface area contributed by atoms with E-state index in [0.29, 0.717) is 11.8 Å². The van der Waals surface area contributed by atoms with Crippen molar-refractivity contribution in [2.45, 2.75) is 12.8 Å². The third-order valence-corrected chi connectivity index (χ3v) is 2.91. The van der Waals surface area contributed by atoms with Crippen molar-refractivity contribution in [3.05, 3.63) is 29.0 Å². The number of fused-ring (bicyclic) bond motifs is 1. The Bertz CT molecular complexity index is 507. The monoisotopic (exact) mass is 239 g/mol. The van der Waals surface area contributed by atoms with Crippen LogP contribution in [0.25, 0.3) is 11.0 Å². The maximum absolute atomic E-state index is 5.81. The van der Waals surface area contributed by atoms with Gasteiger partial charge < -0.3 is 14.9 Å². The van der Waals surface area contributed by atoms with E-state index in [0.717, 1.165) is 22.3 Å². The molecule has 1 heterocycles. The number of rotatable bonds is 3. The van der Waals surface area contributed by atoms with Crippen LogP contribution >= 0.6 is 11.6 Å². The summed E-state index contributed by atoms with van der Waals surface area (Å²) in [6, 6.07) is 5.64. The van der Waals surface area contributed by atoms with E-state index in [4.69, 9.17) is 26.5 Å². The molecule has 0 radical (unpaired) electrons. The highest BCUT2D eigenvalue weighted by atomic mass is 35.5. The Morgan fingerprint density at radius 3 is 2.81 bits per heavy atom. The van der Waals surface area contributed by atoms with Gasteiger partial charge in [0.05, 0.1) is 7.11 Å². The predicted octanol–water partition coefficient (Wildman–Crippen LogP) is 3.16. The SMILES string of the molecule is COc1cc2cc(Cl)oc2cc1C(C)CN. The van der Waals surface area contributed by atoms with E-state index in [2.05, 4.69) is 0 Å². The maximum Gasteiger partial charge on any atom is 0.194 e. The average Bonchev–Trinajstić information content (AvgIpc) is 2.65. The minimum atomic E-state index is 0.225. The molecule has 16 heavy (non-hydrogen) atoms. The zero-order chi connectivity index (χ0) is 11.7. The maximum atomic E-state index is 5.81. The van der Waals surface area contributed by atoms with Crippen LogP contribution in [0.5, 0.6) is 5.75 Å². The Labute approximate surface area is 99.1 Å². The predicted molar refractivity (Wildman–Crippen MR) is 65.2 cm³/mol. The normalized spacial score (nSPS) is 13.0. The van der Waals surface area contributed by atoms with Crippen LogP contribution < -0.4 is 10.5 Å². The molecule has 1 aromatic heterocycles. The first kappa shape index (κ1) is 11.3. The van der Waals surface area contributed by atoms with E-state index in [1.165, 1.54) is 0 Å². The summed E-state index contributed by atoms with van der Waals surface area (Å²) < 4.78 is 10.7. The molecule has 1 aromatic carbocycles. The molecular weight excluding hydrogens is 226 g/mol. The van der Waals surface area contributed by atoms with Gasteiger partial charge in [0.2, 0.25) is 0 Å². The fourth-order valence-corrected chi connectivity index (χ4v) is 1.94. The summed E-state index contributed by atoms with van der Waals surface area (Å²) in [5.41, 5.74) is 7.47. The van der Waals surface area contributed by atoms with Crippen molar-refractivity contribution in [2.75, 3.05) is 13.7 Å². The summed E-state index contributed by atoms with van der Waals surface area (Å²) in [5.74, 6) is 1.05. The number of methoxy groups -OCH3 is 1. The third-order valence-electron chi connectivity index (χ3n) is 2.72. The number of ether oxygens (including phenoxy) is 1. The largest absolute Gasteiger partial charge is 0.496 e. The second-order valence-corrected chi connectivity index (χ2v) is 4.19. The van der Waals surface area contributed by atoms with E-state index >= 15 is 0 Å². The van der Waals surface area contributed by atoms with Gasteiger partial charge in [-0.25, -0.2) is 0 Å². The molecule has 0 saturated heterocycles. The Balaban J connectivity index is 2.61. The summed E-state index contributed by atoms with van der Waals surface area (Å²) in [7, 11) is 1.65. The Morgan fingerprint density at radius 2 is 2.19 bits per heavy atom. The average molecular weight is 240 g/mol. The van der Waals surface area contributed by atoms with Crippen molar-refractivity contribution < 1.29 is 9.15 Å². The highest BCUT2D eigenvalue weighted by Crippen LogP contribution is 2.33. The van der Waals surface area contributed by atoms with Gasteiger partial charge in [0.15, 0.2) is 5.22 Å². The van der Waals surface area contributed by atoms with E-state index in [1.807, 2.05) is 19.1 Å². The summed E-state index contributed by atoms with van der Waals surface area (Å²) in [6.45, 7) is 2.62. The van der Waals surface area contributed by atoms with Gasteiger partial charge in [0.25, 0.3) is 0 Å². The molecule has 2 rings (SSSR count). The van der Waals surface area contributed by atoms with Gasteiger partial charge in [-0.05, 0) is 36.2 Å². The minimum Gasteiger partial charge on any atom is -0.496 e. The Kier molecular flexibility index (Phi) is 3.08. The zero-order valence-electron chi connectivity index (χ0n) is 9.29. The van der Waals surface area contributed by atoms with Crippen LogP contribution in [-0.2, 0) is 0 Å². The first-order valence-electron chi connectivity index (χ1n) is 5.12. The number of nitrogens with two attached hydrogens (primary N) is 1.